The minimum absolute atomic E-state index is 0.718. The van der Waals surface area contributed by atoms with E-state index in [0.29, 0.717) is 0 Å². The Morgan fingerprint density at radius 3 is 2.50 bits per heavy atom. The van der Waals surface area contributed by atoms with Crippen LogP contribution in [-0.2, 0) is 19.5 Å². The smallest absolute Gasteiger partial charge is 0.191 e. The summed E-state index contributed by atoms with van der Waals surface area (Å²) in [5.41, 5.74) is 1.12. The summed E-state index contributed by atoms with van der Waals surface area (Å²) in [4.78, 5) is 13.2. The van der Waals surface area contributed by atoms with E-state index < -0.39 is 0 Å². The van der Waals surface area contributed by atoms with Crippen LogP contribution in [0, 0.1) is 13.8 Å². The molecular formula is C16H24N4S2. The van der Waals surface area contributed by atoms with Crippen molar-refractivity contribution in [3.63, 3.8) is 0 Å². The summed E-state index contributed by atoms with van der Waals surface area (Å²) in [5, 5.41) is 7.75. The van der Waals surface area contributed by atoms with Crippen LogP contribution in [-0.4, -0.2) is 17.5 Å². The van der Waals surface area contributed by atoms with E-state index in [9.17, 15) is 0 Å². The number of nitrogens with one attached hydrogen (secondary N) is 2. The molecule has 0 radical (unpaired) electrons. The number of guanidine groups is 1. The summed E-state index contributed by atoms with van der Waals surface area (Å²) < 4.78 is 0. The van der Waals surface area contributed by atoms with Gasteiger partial charge in [0.1, 0.15) is 5.01 Å². The fourth-order valence-electron chi connectivity index (χ4n) is 1.97. The Morgan fingerprint density at radius 2 is 1.91 bits per heavy atom. The van der Waals surface area contributed by atoms with Gasteiger partial charge in [-0.1, -0.05) is 6.92 Å². The Kier molecular flexibility index (Phi) is 6.39. The van der Waals surface area contributed by atoms with E-state index in [0.717, 1.165) is 42.7 Å². The van der Waals surface area contributed by atoms with E-state index in [-0.39, 0.29) is 0 Å². The molecule has 2 N–H and O–H groups in total. The molecule has 2 heterocycles. The van der Waals surface area contributed by atoms with Crippen molar-refractivity contribution in [3.05, 3.63) is 37.5 Å². The van der Waals surface area contributed by atoms with Gasteiger partial charge in [-0.2, -0.15) is 0 Å². The fraction of sp³-hybridized carbons (Fsp3) is 0.500. The number of thiazole rings is 1. The number of aromatic nitrogens is 1. The van der Waals surface area contributed by atoms with Crippen molar-refractivity contribution in [2.24, 2.45) is 4.99 Å². The maximum absolute atomic E-state index is 4.66. The van der Waals surface area contributed by atoms with Gasteiger partial charge in [0, 0.05) is 21.2 Å². The second-order valence-corrected chi connectivity index (χ2v) is 7.56. The number of aliphatic imine (C=N–C) groups is 1. The predicted molar refractivity (Wildman–Crippen MR) is 96.9 cm³/mol. The fourth-order valence-corrected chi connectivity index (χ4v) is 3.73. The lowest BCUT2D eigenvalue weighted by Crippen LogP contribution is -2.36. The van der Waals surface area contributed by atoms with Gasteiger partial charge in [0.25, 0.3) is 0 Å². The van der Waals surface area contributed by atoms with Crippen molar-refractivity contribution in [3.8, 4) is 0 Å². The number of rotatable bonds is 6. The summed E-state index contributed by atoms with van der Waals surface area (Å²) in [7, 11) is 0. The standard InChI is InChI=1S/C16H24N4S2/c1-5-13-7-8-14(22-13)9-18-16(17-6-2)19-10-15-20-11(3)12(4)21-15/h7-8H,5-6,9-10H2,1-4H3,(H2,17,18,19). The first-order chi connectivity index (χ1) is 10.6. The Balaban J connectivity index is 1.94. The summed E-state index contributed by atoms with van der Waals surface area (Å²) in [6, 6.07) is 4.36. The maximum Gasteiger partial charge on any atom is 0.191 e. The van der Waals surface area contributed by atoms with Crippen molar-refractivity contribution < 1.29 is 0 Å². The summed E-state index contributed by atoms with van der Waals surface area (Å²) in [6.45, 7) is 10.7. The first kappa shape index (κ1) is 17.0. The number of aryl methyl sites for hydroxylation is 3. The molecule has 0 saturated heterocycles. The second-order valence-electron chi connectivity index (χ2n) is 5.02. The molecule has 0 aliphatic rings. The Hall–Kier alpha value is -1.40. The van der Waals surface area contributed by atoms with Crippen molar-refractivity contribution in [1.82, 2.24) is 15.6 Å². The second kappa shape index (κ2) is 8.29. The van der Waals surface area contributed by atoms with Crippen molar-refractivity contribution in [2.45, 2.75) is 47.2 Å². The number of hydrogen-bond acceptors (Lipinski definition) is 4. The van der Waals surface area contributed by atoms with E-state index in [2.05, 4.69) is 60.4 Å². The SMILES string of the molecule is CCNC(=NCc1ccc(CC)s1)NCc1nc(C)c(C)s1. The lowest BCUT2D eigenvalue weighted by atomic mass is 10.4. The third kappa shape index (κ3) is 4.81. The highest BCUT2D eigenvalue weighted by atomic mass is 32.1. The molecule has 0 aliphatic heterocycles. The van der Waals surface area contributed by atoms with Crippen LogP contribution >= 0.6 is 22.7 Å². The molecule has 6 heteroatoms. The minimum Gasteiger partial charge on any atom is -0.357 e. The van der Waals surface area contributed by atoms with E-state index in [1.807, 2.05) is 11.3 Å². The Labute approximate surface area is 140 Å². The molecule has 2 aromatic heterocycles. The quantitative estimate of drug-likeness (QED) is 0.625. The van der Waals surface area contributed by atoms with Gasteiger partial charge in [0.2, 0.25) is 0 Å². The van der Waals surface area contributed by atoms with Gasteiger partial charge in [-0.15, -0.1) is 22.7 Å². The molecule has 0 bridgehead atoms. The van der Waals surface area contributed by atoms with E-state index in [4.69, 9.17) is 0 Å². The molecule has 0 aliphatic carbocycles. The van der Waals surface area contributed by atoms with Gasteiger partial charge < -0.3 is 10.6 Å². The number of thiophene rings is 1. The highest BCUT2D eigenvalue weighted by Crippen LogP contribution is 2.18. The number of nitrogens with zero attached hydrogens (tertiary/aromatic N) is 2. The number of hydrogen-bond donors (Lipinski definition) is 2. The lowest BCUT2D eigenvalue weighted by Gasteiger charge is -2.09. The van der Waals surface area contributed by atoms with Crippen LogP contribution in [0.2, 0.25) is 0 Å². The predicted octanol–water partition coefficient (Wildman–Crippen LogP) is 3.64. The third-order valence-electron chi connectivity index (χ3n) is 3.28. The van der Waals surface area contributed by atoms with Crippen molar-refractivity contribution in [1.29, 1.82) is 0 Å². The molecule has 2 aromatic rings. The van der Waals surface area contributed by atoms with Gasteiger partial charge in [0.15, 0.2) is 5.96 Å². The van der Waals surface area contributed by atoms with Crippen LogP contribution in [0.5, 0.6) is 0 Å². The largest absolute Gasteiger partial charge is 0.357 e. The van der Waals surface area contributed by atoms with Crippen LogP contribution in [0.1, 0.15) is 39.2 Å². The van der Waals surface area contributed by atoms with Crippen LogP contribution in [0.3, 0.4) is 0 Å². The third-order valence-corrected chi connectivity index (χ3v) is 5.57. The lowest BCUT2D eigenvalue weighted by molar-refractivity contribution is 0.811. The van der Waals surface area contributed by atoms with Crippen LogP contribution in [0.25, 0.3) is 0 Å². The van der Waals surface area contributed by atoms with Gasteiger partial charge in [-0.05, 0) is 39.3 Å². The zero-order chi connectivity index (χ0) is 15.9. The highest BCUT2D eigenvalue weighted by Gasteiger charge is 2.05. The van der Waals surface area contributed by atoms with E-state index >= 15 is 0 Å². The molecular weight excluding hydrogens is 312 g/mol. The molecule has 0 fully saturated rings. The molecule has 2 rings (SSSR count). The van der Waals surface area contributed by atoms with E-state index in [1.165, 1.54) is 14.6 Å². The van der Waals surface area contributed by atoms with Gasteiger partial charge >= 0.3 is 0 Å². The average molecular weight is 337 g/mol. The zero-order valence-electron chi connectivity index (χ0n) is 13.7. The zero-order valence-corrected chi connectivity index (χ0v) is 15.3. The van der Waals surface area contributed by atoms with Crippen LogP contribution < -0.4 is 10.6 Å². The molecule has 0 amide bonds. The first-order valence-corrected chi connectivity index (χ1v) is 9.28. The summed E-state index contributed by atoms with van der Waals surface area (Å²) >= 11 is 3.58. The van der Waals surface area contributed by atoms with Crippen molar-refractivity contribution >= 4 is 28.6 Å². The molecule has 0 atom stereocenters. The first-order valence-electron chi connectivity index (χ1n) is 7.65. The maximum atomic E-state index is 4.66. The Morgan fingerprint density at radius 1 is 1.14 bits per heavy atom. The van der Waals surface area contributed by atoms with Gasteiger partial charge in [-0.3, -0.25) is 0 Å². The monoisotopic (exact) mass is 336 g/mol. The van der Waals surface area contributed by atoms with Gasteiger partial charge in [-0.25, -0.2) is 9.98 Å². The van der Waals surface area contributed by atoms with Crippen LogP contribution in [0.15, 0.2) is 17.1 Å². The molecule has 120 valence electrons. The topological polar surface area (TPSA) is 49.3 Å². The molecule has 0 aromatic carbocycles. The summed E-state index contributed by atoms with van der Waals surface area (Å²) in [6.07, 6.45) is 1.09. The molecule has 0 unspecified atom stereocenters. The highest BCUT2D eigenvalue weighted by molar-refractivity contribution is 7.12. The van der Waals surface area contributed by atoms with E-state index in [1.54, 1.807) is 11.3 Å². The summed E-state index contributed by atoms with van der Waals surface area (Å²) in [5.74, 6) is 0.847. The van der Waals surface area contributed by atoms with Gasteiger partial charge in [0.05, 0.1) is 18.8 Å². The molecule has 22 heavy (non-hydrogen) atoms. The molecule has 4 nitrogen and oxygen atoms in total. The van der Waals surface area contributed by atoms with Crippen molar-refractivity contribution in [2.75, 3.05) is 6.54 Å². The average Bonchev–Trinajstić information content (AvgIpc) is 3.09. The molecule has 0 saturated carbocycles. The minimum atomic E-state index is 0.718. The Bertz CT molecular complexity index is 608. The van der Waals surface area contributed by atoms with Crippen LogP contribution in [0.4, 0.5) is 0 Å². The normalized spacial score (nSPS) is 11.7. The molecule has 0 spiro atoms.